The van der Waals surface area contributed by atoms with Gasteiger partial charge in [-0.2, -0.15) is 0 Å². The molecule has 2 N–H and O–H groups in total. The average Bonchev–Trinajstić information content (AvgIpc) is 2.86. The van der Waals surface area contributed by atoms with Crippen molar-refractivity contribution in [2.24, 2.45) is 23.2 Å². The summed E-state index contributed by atoms with van der Waals surface area (Å²) in [5, 5.41) is 22.6. The van der Waals surface area contributed by atoms with Gasteiger partial charge in [-0.3, -0.25) is 9.78 Å². The Balaban J connectivity index is 1.62. The highest BCUT2D eigenvalue weighted by atomic mass is 16.6. The highest BCUT2D eigenvalue weighted by Gasteiger charge is 2.67. The minimum absolute atomic E-state index is 0.0280. The van der Waals surface area contributed by atoms with Gasteiger partial charge < -0.3 is 24.1 Å². The zero-order valence-corrected chi connectivity index (χ0v) is 22.0. The number of carbonyl (C=O) groups excluding carboxylic acids is 1. The second-order valence-corrected chi connectivity index (χ2v) is 11.5. The normalized spacial score (nSPS) is 36.5. The lowest BCUT2D eigenvalue weighted by Crippen LogP contribution is -2.69. The average molecular weight is 512 g/mol. The minimum atomic E-state index is -1.18. The summed E-state index contributed by atoms with van der Waals surface area (Å²) in [6.45, 7) is 8.03. The molecule has 2 aromatic rings. The van der Waals surface area contributed by atoms with E-state index in [0.29, 0.717) is 31.2 Å². The van der Waals surface area contributed by atoms with Gasteiger partial charge in [0.05, 0.1) is 12.2 Å². The van der Waals surface area contributed by atoms with E-state index in [0.717, 1.165) is 12.8 Å². The van der Waals surface area contributed by atoms with Crippen molar-refractivity contribution in [1.82, 2.24) is 4.98 Å². The van der Waals surface area contributed by atoms with Crippen molar-refractivity contribution in [3.8, 4) is 17.1 Å². The lowest BCUT2D eigenvalue weighted by molar-refractivity contribution is -0.249. The van der Waals surface area contributed by atoms with E-state index in [1.807, 2.05) is 20.8 Å². The predicted octanol–water partition coefficient (Wildman–Crippen LogP) is 4.42. The van der Waals surface area contributed by atoms with Gasteiger partial charge in [-0.15, -0.1) is 0 Å². The van der Waals surface area contributed by atoms with Crippen molar-refractivity contribution < 1.29 is 28.9 Å². The molecule has 0 amide bonds. The molecule has 8 unspecified atom stereocenters. The van der Waals surface area contributed by atoms with E-state index in [9.17, 15) is 19.8 Å². The third kappa shape index (κ3) is 4.18. The summed E-state index contributed by atoms with van der Waals surface area (Å²) in [4.78, 5) is 30.2. The fraction of sp³-hybridized carbons (Fsp3) is 0.621. The predicted molar refractivity (Wildman–Crippen MR) is 136 cm³/mol. The number of pyridine rings is 1. The molecule has 5 rings (SSSR count). The van der Waals surface area contributed by atoms with Crippen molar-refractivity contribution >= 4 is 5.97 Å². The number of fused-ring (bicyclic) bond motifs is 4. The van der Waals surface area contributed by atoms with Crippen LogP contribution in [0.5, 0.6) is 5.75 Å². The highest BCUT2D eigenvalue weighted by Crippen LogP contribution is 2.64. The van der Waals surface area contributed by atoms with Crippen molar-refractivity contribution in [3.05, 3.63) is 46.6 Å². The van der Waals surface area contributed by atoms with Crippen molar-refractivity contribution in [3.63, 3.8) is 0 Å². The summed E-state index contributed by atoms with van der Waals surface area (Å²) in [7, 11) is 0. The van der Waals surface area contributed by atoms with Crippen LogP contribution in [0.3, 0.4) is 0 Å². The molecule has 0 bridgehead atoms. The lowest BCUT2D eigenvalue weighted by Gasteiger charge is -2.63. The van der Waals surface area contributed by atoms with Gasteiger partial charge in [-0.25, -0.2) is 4.79 Å². The summed E-state index contributed by atoms with van der Waals surface area (Å²) in [6, 6.07) is 5.14. The zero-order valence-electron chi connectivity index (χ0n) is 22.0. The van der Waals surface area contributed by atoms with E-state index in [1.165, 1.54) is 0 Å². The maximum absolute atomic E-state index is 13.3. The summed E-state index contributed by atoms with van der Waals surface area (Å²) < 4.78 is 18.4. The Kier molecular flexibility index (Phi) is 6.69. The second-order valence-electron chi connectivity index (χ2n) is 11.5. The minimum Gasteiger partial charge on any atom is -0.482 e. The Morgan fingerprint density at radius 1 is 1.30 bits per heavy atom. The van der Waals surface area contributed by atoms with Gasteiger partial charge in [0.25, 0.3) is 0 Å². The number of esters is 1. The summed E-state index contributed by atoms with van der Waals surface area (Å²) >= 11 is 0. The molecular formula is C29H37NO7. The van der Waals surface area contributed by atoms with Crippen LogP contribution in [-0.2, 0) is 9.53 Å². The highest BCUT2D eigenvalue weighted by molar-refractivity contribution is 5.69. The van der Waals surface area contributed by atoms with Crippen molar-refractivity contribution in [2.45, 2.75) is 90.1 Å². The quantitative estimate of drug-likeness (QED) is 0.566. The number of aromatic nitrogens is 1. The number of nitrogens with zero attached hydrogens (tertiary/aromatic N) is 1. The maximum atomic E-state index is 13.3. The molecule has 8 heteroatoms. The maximum Gasteiger partial charge on any atom is 0.345 e. The van der Waals surface area contributed by atoms with Crippen LogP contribution < -0.4 is 10.4 Å². The van der Waals surface area contributed by atoms with Gasteiger partial charge in [0.2, 0.25) is 0 Å². The van der Waals surface area contributed by atoms with Crippen molar-refractivity contribution in [2.75, 3.05) is 0 Å². The molecule has 0 spiro atoms. The van der Waals surface area contributed by atoms with E-state index in [2.05, 4.69) is 11.9 Å². The molecule has 8 atom stereocenters. The molecule has 0 aromatic carbocycles. The number of unbranched alkanes of at least 4 members (excludes halogenated alkanes) is 1. The van der Waals surface area contributed by atoms with Gasteiger partial charge in [0.15, 0.2) is 0 Å². The SMILES string of the molecule is CCCCC(=O)OC1CC2C(C)C(O)CCC2(C)C2C(O)c3c(cc(-c4cccnc4)oc3=O)OC12C. The number of aliphatic hydroxyl groups is 2. The molecule has 2 aliphatic carbocycles. The molecule has 1 aliphatic heterocycles. The van der Waals surface area contributed by atoms with Crippen LogP contribution in [0.1, 0.15) is 77.9 Å². The lowest BCUT2D eigenvalue weighted by atomic mass is 9.46. The van der Waals surface area contributed by atoms with Crippen LogP contribution in [0.15, 0.2) is 39.8 Å². The fourth-order valence-electron chi connectivity index (χ4n) is 7.36. The van der Waals surface area contributed by atoms with Crippen molar-refractivity contribution in [1.29, 1.82) is 0 Å². The van der Waals surface area contributed by atoms with Gasteiger partial charge >= 0.3 is 11.6 Å². The Labute approximate surface area is 217 Å². The second kappa shape index (κ2) is 9.55. The van der Waals surface area contributed by atoms with E-state index in [-0.39, 0.29) is 34.9 Å². The van der Waals surface area contributed by atoms with Crippen LogP contribution >= 0.6 is 0 Å². The first-order chi connectivity index (χ1) is 17.6. The molecule has 2 fully saturated rings. The van der Waals surface area contributed by atoms with Gasteiger partial charge in [0, 0.05) is 36.4 Å². The Hall–Kier alpha value is -2.71. The first-order valence-corrected chi connectivity index (χ1v) is 13.4. The largest absolute Gasteiger partial charge is 0.482 e. The zero-order chi connectivity index (χ0) is 26.5. The van der Waals surface area contributed by atoms with E-state index >= 15 is 0 Å². The molecule has 3 heterocycles. The smallest absolute Gasteiger partial charge is 0.345 e. The van der Waals surface area contributed by atoms with Gasteiger partial charge in [0.1, 0.15) is 28.8 Å². The van der Waals surface area contributed by atoms with E-state index < -0.39 is 40.9 Å². The number of rotatable bonds is 5. The molecule has 8 nitrogen and oxygen atoms in total. The first kappa shape index (κ1) is 25.9. The Morgan fingerprint density at radius 3 is 2.78 bits per heavy atom. The summed E-state index contributed by atoms with van der Waals surface area (Å²) in [5.41, 5.74) is -1.49. The third-order valence-electron chi connectivity index (χ3n) is 9.35. The fourth-order valence-corrected chi connectivity index (χ4v) is 7.36. The molecule has 200 valence electrons. The monoisotopic (exact) mass is 511 g/mol. The standard InChI is InChI=1S/C29H37NO7/c1-5-6-9-23(32)36-22-13-18-16(2)19(31)10-11-28(18,3)26-25(33)24-21(37-29(22,26)4)14-20(35-27(24)34)17-8-7-12-30-15-17/h7-8,12,14-16,18-19,22,25-26,31,33H,5-6,9-11,13H2,1-4H3. The number of hydrogen-bond acceptors (Lipinski definition) is 8. The summed E-state index contributed by atoms with van der Waals surface area (Å²) in [5.74, 6) is -0.402. The molecule has 37 heavy (non-hydrogen) atoms. The molecule has 0 saturated heterocycles. The van der Waals surface area contributed by atoms with Crippen LogP contribution in [0.4, 0.5) is 0 Å². The van der Waals surface area contributed by atoms with E-state index in [4.69, 9.17) is 13.9 Å². The molecular weight excluding hydrogens is 474 g/mol. The van der Waals surface area contributed by atoms with Crippen LogP contribution in [0.25, 0.3) is 11.3 Å². The van der Waals surface area contributed by atoms with E-state index in [1.54, 1.807) is 30.6 Å². The molecule has 0 radical (unpaired) electrons. The summed E-state index contributed by atoms with van der Waals surface area (Å²) in [6.07, 6.45) is 4.59. The van der Waals surface area contributed by atoms with Gasteiger partial charge in [-0.05, 0) is 62.0 Å². The number of aliphatic hydroxyl groups excluding tert-OH is 2. The Bertz CT molecular complexity index is 1210. The topological polar surface area (TPSA) is 119 Å². The van der Waals surface area contributed by atoms with Crippen LogP contribution in [-0.4, -0.2) is 39.0 Å². The van der Waals surface area contributed by atoms with Gasteiger partial charge in [-0.1, -0.05) is 27.2 Å². The number of hydrogen-bond donors (Lipinski definition) is 2. The molecule has 2 aromatic heterocycles. The number of ether oxygens (including phenoxy) is 2. The van der Waals surface area contributed by atoms with Crippen LogP contribution in [0, 0.1) is 23.2 Å². The molecule has 3 aliphatic rings. The molecule has 2 saturated carbocycles. The first-order valence-electron chi connectivity index (χ1n) is 13.4. The van der Waals surface area contributed by atoms with Crippen LogP contribution in [0.2, 0.25) is 0 Å². The third-order valence-corrected chi connectivity index (χ3v) is 9.35. The Morgan fingerprint density at radius 2 is 2.08 bits per heavy atom. The number of carbonyl (C=O) groups is 1.